The lowest BCUT2D eigenvalue weighted by molar-refractivity contribution is 0.598. The molecule has 0 radical (unpaired) electrons. The number of hydrogen-bond donors (Lipinski definition) is 3. The second kappa shape index (κ2) is 5.60. The molecule has 0 bridgehead atoms. The summed E-state index contributed by atoms with van der Waals surface area (Å²) in [6.45, 7) is 0.759. The summed E-state index contributed by atoms with van der Waals surface area (Å²) in [5.74, 6) is 0. The van der Waals surface area contributed by atoms with Crippen molar-refractivity contribution in [2.24, 2.45) is 5.14 Å². The van der Waals surface area contributed by atoms with Crippen LogP contribution >= 0.6 is 11.3 Å². The van der Waals surface area contributed by atoms with Crippen molar-refractivity contribution in [1.82, 2.24) is 0 Å². The smallest absolute Gasteiger partial charge is 0.240 e. The van der Waals surface area contributed by atoms with Crippen molar-refractivity contribution in [3.63, 3.8) is 0 Å². The Kier molecular flexibility index (Phi) is 4.08. The van der Waals surface area contributed by atoms with E-state index < -0.39 is 10.0 Å². The van der Waals surface area contributed by atoms with Gasteiger partial charge in [0, 0.05) is 17.1 Å². The Balaban J connectivity index is 2.00. The molecule has 0 atom stereocenters. The molecule has 19 heavy (non-hydrogen) atoms. The zero-order valence-corrected chi connectivity index (χ0v) is 11.8. The van der Waals surface area contributed by atoms with Crippen LogP contribution in [0.5, 0.6) is 0 Å². The first-order chi connectivity index (χ1) is 8.97. The van der Waals surface area contributed by atoms with E-state index in [0.717, 1.165) is 18.7 Å². The monoisotopic (exact) mass is 297 g/mol. The van der Waals surface area contributed by atoms with Crippen molar-refractivity contribution in [3.05, 3.63) is 40.6 Å². The molecule has 2 aromatic rings. The van der Waals surface area contributed by atoms with Gasteiger partial charge in [-0.25, -0.2) is 13.6 Å². The fourth-order valence-electron chi connectivity index (χ4n) is 1.70. The van der Waals surface area contributed by atoms with Crippen LogP contribution < -0.4 is 16.2 Å². The lowest BCUT2D eigenvalue weighted by Crippen LogP contribution is -2.14. The topological polar surface area (TPSA) is 98.2 Å². The summed E-state index contributed by atoms with van der Waals surface area (Å²) in [5.41, 5.74) is 6.61. The molecule has 5 nitrogen and oxygen atoms in total. The lowest BCUT2D eigenvalue weighted by atomic mass is 10.2. The van der Waals surface area contributed by atoms with Gasteiger partial charge in [-0.2, -0.15) is 0 Å². The summed E-state index contributed by atoms with van der Waals surface area (Å²) in [7, 11) is -3.76. The Morgan fingerprint density at radius 3 is 2.63 bits per heavy atom. The van der Waals surface area contributed by atoms with Crippen LogP contribution in [0.3, 0.4) is 0 Å². The van der Waals surface area contributed by atoms with Crippen molar-refractivity contribution in [1.29, 1.82) is 0 Å². The molecular formula is C12H15N3O2S2. The lowest BCUT2D eigenvalue weighted by Gasteiger charge is -2.08. The normalized spacial score (nSPS) is 11.4. The van der Waals surface area contributed by atoms with E-state index in [1.807, 2.05) is 11.4 Å². The third-order valence-electron chi connectivity index (χ3n) is 2.60. The van der Waals surface area contributed by atoms with E-state index in [4.69, 9.17) is 10.9 Å². The number of nitrogens with one attached hydrogen (secondary N) is 1. The van der Waals surface area contributed by atoms with E-state index >= 15 is 0 Å². The van der Waals surface area contributed by atoms with Gasteiger partial charge in [-0.1, -0.05) is 6.07 Å². The molecular weight excluding hydrogens is 282 g/mol. The van der Waals surface area contributed by atoms with Gasteiger partial charge in [-0.05, 0) is 36.1 Å². The summed E-state index contributed by atoms with van der Waals surface area (Å²) in [5, 5.41) is 10.3. The summed E-state index contributed by atoms with van der Waals surface area (Å²) in [6, 6.07) is 8.74. The molecule has 1 aromatic carbocycles. The van der Waals surface area contributed by atoms with Crippen LogP contribution in [0.15, 0.2) is 40.6 Å². The molecule has 0 aliphatic heterocycles. The highest BCUT2D eigenvalue weighted by atomic mass is 32.2. The summed E-state index contributed by atoms with van der Waals surface area (Å²) in [6.07, 6.45) is 0.911. The number of anilines is 2. The molecule has 0 saturated heterocycles. The number of nitrogens with two attached hydrogens (primary N) is 2. The Hall–Kier alpha value is -1.57. The Labute approximate surface area is 116 Å². The molecule has 0 aliphatic rings. The van der Waals surface area contributed by atoms with Gasteiger partial charge in [0.15, 0.2) is 0 Å². The zero-order valence-electron chi connectivity index (χ0n) is 10.2. The predicted octanol–water partition coefficient (Wildman–Crippen LogP) is 1.63. The van der Waals surface area contributed by atoms with Gasteiger partial charge >= 0.3 is 0 Å². The van der Waals surface area contributed by atoms with E-state index in [1.54, 1.807) is 23.5 Å². The quantitative estimate of drug-likeness (QED) is 0.731. The minimum atomic E-state index is -3.76. The van der Waals surface area contributed by atoms with Gasteiger partial charge in [-0.3, -0.25) is 0 Å². The third kappa shape index (κ3) is 3.69. The van der Waals surface area contributed by atoms with Crippen molar-refractivity contribution in [2.75, 3.05) is 17.6 Å². The average Bonchev–Trinajstić information content (AvgIpc) is 2.80. The molecule has 1 aromatic heterocycles. The van der Waals surface area contributed by atoms with Crippen LogP contribution in [0.1, 0.15) is 4.88 Å². The van der Waals surface area contributed by atoms with E-state index in [1.165, 1.54) is 10.9 Å². The van der Waals surface area contributed by atoms with Crippen LogP contribution in [0, 0.1) is 0 Å². The number of benzene rings is 1. The molecule has 0 aliphatic carbocycles. The maximum Gasteiger partial charge on any atom is 0.240 e. The van der Waals surface area contributed by atoms with Gasteiger partial charge in [-0.15, -0.1) is 11.3 Å². The van der Waals surface area contributed by atoms with Crippen LogP contribution in [-0.4, -0.2) is 15.0 Å². The molecule has 0 amide bonds. The first-order valence-corrected chi connectivity index (χ1v) is 8.08. The Bertz CT molecular complexity index is 652. The number of rotatable bonds is 5. The maximum atomic E-state index is 11.2. The average molecular weight is 297 g/mol. The summed E-state index contributed by atoms with van der Waals surface area (Å²) in [4.78, 5) is 1.25. The predicted molar refractivity (Wildman–Crippen MR) is 78.7 cm³/mol. The highest BCUT2D eigenvalue weighted by Gasteiger charge is 2.11. The van der Waals surface area contributed by atoms with Crippen LogP contribution in [0.4, 0.5) is 11.4 Å². The number of primary sulfonamides is 1. The highest BCUT2D eigenvalue weighted by Crippen LogP contribution is 2.21. The molecule has 7 heteroatoms. The Morgan fingerprint density at radius 2 is 2.05 bits per heavy atom. The number of nitrogen functional groups attached to an aromatic ring is 1. The molecule has 102 valence electrons. The number of thiophene rings is 1. The zero-order chi connectivity index (χ0) is 13.9. The van der Waals surface area contributed by atoms with Crippen LogP contribution in [0.2, 0.25) is 0 Å². The second-order valence-corrected chi connectivity index (χ2v) is 6.62. The third-order valence-corrected chi connectivity index (χ3v) is 4.52. The number of sulfonamides is 1. The van der Waals surface area contributed by atoms with Gasteiger partial charge in [0.2, 0.25) is 10.0 Å². The van der Waals surface area contributed by atoms with Gasteiger partial charge in [0.05, 0.1) is 5.69 Å². The highest BCUT2D eigenvalue weighted by molar-refractivity contribution is 7.89. The summed E-state index contributed by atoms with van der Waals surface area (Å²) < 4.78 is 22.4. The molecule has 5 N–H and O–H groups in total. The van der Waals surface area contributed by atoms with Gasteiger partial charge < -0.3 is 11.1 Å². The maximum absolute atomic E-state index is 11.2. The fraction of sp³-hybridized carbons (Fsp3) is 0.167. The molecule has 0 unspecified atom stereocenters. The SMILES string of the molecule is Nc1cc(NCCc2cccs2)ccc1S(N)(=O)=O. The first-order valence-electron chi connectivity index (χ1n) is 5.65. The minimum Gasteiger partial charge on any atom is -0.398 e. The standard InChI is InChI=1S/C12H15N3O2S2/c13-11-8-9(3-4-12(11)19(14,16)17)15-6-5-10-2-1-7-18-10/h1-4,7-8,15H,5-6,13H2,(H2,14,16,17). The molecule has 1 heterocycles. The van der Waals surface area contributed by atoms with Crippen molar-refractivity contribution in [2.45, 2.75) is 11.3 Å². The van der Waals surface area contributed by atoms with Crippen LogP contribution in [0.25, 0.3) is 0 Å². The van der Waals surface area contributed by atoms with Crippen molar-refractivity contribution in [3.8, 4) is 0 Å². The summed E-state index contributed by atoms with van der Waals surface area (Å²) >= 11 is 1.71. The molecule has 0 spiro atoms. The van der Waals surface area contributed by atoms with Gasteiger partial charge in [0.1, 0.15) is 4.90 Å². The van der Waals surface area contributed by atoms with E-state index in [-0.39, 0.29) is 10.6 Å². The molecule has 2 rings (SSSR count). The van der Waals surface area contributed by atoms with Crippen LogP contribution in [-0.2, 0) is 16.4 Å². The van der Waals surface area contributed by atoms with Crippen molar-refractivity contribution < 1.29 is 8.42 Å². The minimum absolute atomic E-state index is 0.0451. The van der Waals surface area contributed by atoms with Crippen molar-refractivity contribution >= 4 is 32.7 Å². The second-order valence-electron chi connectivity index (χ2n) is 4.05. The van der Waals surface area contributed by atoms with Gasteiger partial charge in [0.25, 0.3) is 0 Å². The van der Waals surface area contributed by atoms with E-state index in [0.29, 0.717) is 0 Å². The van der Waals surface area contributed by atoms with E-state index in [2.05, 4.69) is 11.4 Å². The molecule has 0 saturated carbocycles. The molecule has 0 fully saturated rings. The van der Waals surface area contributed by atoms with E-state index in [9.17, 15) is 8.42 Å². The fourth-order valence-corrected chi connectivity index (χ4v) is 3.06. The largest absolute Gasteiger partial charge is 0.398 e. The first kappa shape index (κ1) is 13.9. The number of hydrogen-bond acceptors (Lipinski definition) is 5. The Morgan fingerprint density at radius 1 is 1.26 bits per heavy atom.